The van der Waals surface area contributed by atoms with Crippen molar-refractivity contribution in [2.45, 2.75) is 42.2 Å². The molecule has 0 aliphatic rings. The number of aliphatic hydroxyl groups excluding tert-OH is 4. The Morgan fingerprint density at radius 1 is 0.471 bits per heavy atom. The topological polar surface area (TPSA) is 80.9 Å². The molecule has 0 aromatic rings. The van der Waals surface area contributed by atoms with Gasteiger partial charge in [0.25, 0.3) is 0 Å². The average molecular weight is 328 g/mol. The second-order valence-electron chi connectivity index (χ2n) is 4.81. The number of hydrogen-bond donors (Lipinski definition) is 4. The molecule has 104 valence electrons. The molecule has 0 bridgehead atoms. The molecule has 4 N–H and O–H groups in total. The summed E-state index contributed by atoms with van der Waals surface area (Å²) in [5, 5.41) is 36.0. The summed E-state index contributed by atoms with van der Waals surface area (Å²) in [6, 6.07) is 0. The number of aliphatic hydroxyl groups is 4. The van der Waals surface area contributed by atoms with E-state index in [9.17, 15) is 0 Å². The molecule has 0 aromatic carbocycles. The first-order valence-electron chi connectivity index (χ1n) is 6.68. The summed E-state index contributed by atoms with van der Waals surface area (Å²) < 4.78 is 4.46. The van der Waals surface area contributed by atoms with Crippen LogP contribution in [-0.2, 0) is 20.3 Å². The molecule has 0 rings (SSSR count). The van der Waals surface area contributed by atoms with Gasteiger partial charge in [0.1, 0.15) is 0 Å². The minimum absolute atomic E-state index is 0.232. The van der Waals surface area contributed by atoms with Crippen LogP contribution in [0.25, 0.3) is 0 Å². The molecule has 4 nitrogen and oxygen atoms in total. The average Bonchev–Trinajstić information content (AvgIpc) is 2.37. The summed E-state index contributed by atoms with van der Waals surface area (Å²) >= 11 is -2.33. The SMILES string of the molecule is OCC[CH2][Zr]([CH2]CCO)([CH2]CCO)[CH2]CCO. The molecule has 0 atom stereocenters. The van der Waals surface area contributed by atoms with Crippen LogP contribution in [0.4, 0.5) is 0 Å². The van der Waals surface area contributed by atoms with E-state index in [0.717, 1.165) is 42.2 Å². The van der Waals surface area contributed by atoms with Gasteiger partial charge in [0.2, 0.25) is 0 Å². The van der Waals surface area contributed by atoms with Gasteiger partial charge in [-0.2, -0.15) is 0 Å². The first-order chi connectivity index (χ1) is 8.24. The van der Waals surface area contributed by atoms with Crippen molar-refractivity contribution in [3.63, 3.8) is 0 Å². The van der Waals surface area contributed by atoms with E-state index >= 15 is 0 Å². The van der Waals surface area contributed by atoms with Crippen LogP contribution in [-0.4, -0.2) is 46.9 Å². The number of rotatable bonds is 12. The molecule has 0 unspecified atom stereocenters. The molecule has 0 aliphatic heterocycles. The van der Waals surface area contributed by atoms with Gasteiger partial charge >= 0.3 is 109 Å². The maximum absolute atomic E-state index is 8.99. The van der Waals surface area contributed by atoms with Crippen LogP contribution in [0.15, 0.2) is 0 Å². The summed E-state index contributed by atoms with van der Waals surface area (Å²) in [5.41, 5.74) is 0. The first kappa shape index (κ1) is 17.7. The van der Waals surface area contributed by atoms with E-state index in [1.165, 1.54) is 0 Å². The van der Waals surface area contributed by atoms with Gasteiger partial charge in [-0.3, -0.25) is 0 Å². The minimum atomic E-state index is -2.33. The quantitative estimate of drug-likeness (QED) is 0.436. The molecular weight excluding hydrogens is 299 g/mol. The zero-order valence-corrected chi connectivity index (χ0v) is 13.2. The Bertz CT molecular complexity index is 129. The molecule has 0 amide bonds. The Kier molecular flexibility index (Phi) is 12.3. The van der Waals surface area contributed by atoms with E-state index in [0.29, 0.717) is 0 Å². The molecule has 0 saturated carbocycles. The predicted octanol–water partition coefficient (Wildman–Crippen LogP) is 1.34. The molecule has 0 aliphatic carbocycles. The predicted molar refractivity (Wildman–Crippen MR) is 66.0 cm³/mol. The van der Waals surface area contributed by atoms with Gasteiger partial charge in [-0.05, 0) is 0 Å². The molecule has 0 saturated heterocycles. The van der Waals surface area contributed by atoms with E-state index in [1.807, 2.05) is 0 Å². The molecule has 0 aromatic heterocycles. The fourth-order valence-electron chi connectivity index (χ4n) is 2.57. The van der Waals surface area contributed by atoms with Crippen LogP contribution in [0.1, 0.15) is 25.7 Å². The van der Waals surface area contributed by atoms with Crippen molar-refractivity contribution in [1.82, 2.24) is 0 Å². The van der Waals surface area contributed by atoms with E-state index in [-0.39, 0.29) is 26.4 Å². The standard InChI is InChI=1S/4C3H7O.Zr/c4*1-2-3-4;/h4*4H,1-3H2;. The third-order valence-corrected chi connectivity index (χ3v) is 17.4. The van der Waals surface area contributed by atoms with Gasteiger partial charge in [0.15, 0.2) is 0 Å². The zero-order chi connectivity index (χ0) is 13.0. The summed E-state index contributed by atoms with van der Waals surface area (Å²) in [5.74, 6) is 0. The van der Waals surface area contributed by atoms with Gasteiger partial charge in [0.05, 0.1) is 0 Å². The van der Waals surface area contributed by atoms with E-state index in [2.05, 4.69) is 0 Å². The van der Waals surface area contributed by atoms with Crippen molar-refractivity contribution < 1.29 is 40.7 Å². The van der Waals surface area contributed by atoms with Crippen molar-refractivity contribution >= 4 is 0 Å². The Hall–Kier alpha value is 0.723. The van der Waals surface area contributed by atoms with Gasteiger partial charge in [-0.1, -0.05) is 0 Å². The Labute approximate surface area is 109 Å². The Balaban J connectivity index is 4.39. The van der Waals surface area contributed by atoms with Crippen molar-refractivity contribution in [3.05, 3.63) is 0 Å². The molecule has 0 radical (unpaired) electrons. The summed E-state index contributed by atoms with van der Waals surface area (Å²) in [4.78, 5) is 0. The van der Waals surface area contributed by atoms with Gasteiger partial charge in [0, 0.05) is 0 Å². The fourth-order valence-corrected chi connectivity index (χ4v) is 15.2. The van der Waals surface area contributed by atoms with Crippen LogP contribution in [0, 0.1) is 0 Å². The van der Waals surface area contributed by atoms with Crippen molar-refractivity contribution in [1.29, 1.82) is 0 Å². The third kappa shape index (κ3) is 8.44. The van der Waals surface area contributed by atoms with Crippen molar-refractivity contribution in [2.75, 3.05) is 26.4 Å². The molecule has 17 heavy (non-hydrogen) atoms. The summed E-state index contributed by atoms with van der Waals surface area (Å²) in [7, 11) is 0. The monoisotopic (exact) mass is 326 g/mol. The summed E-state index contributed by atoms with van der Waals surface area (Å²) in [6.45, 7) is 0.929. The third-order valence-electron chi connectivity index (χ3n) is 3.46. The van der Waals surface area contributed by atoms with Crippen LogP contribution >= 0.6 is 0 Å². The molecule has 0 spiro atoms. The van der Waals surface area contributed by atoms with E-state index < -0.39 is 20.3 Å². The van der Waals surface area contributed by atoms with E-state index in [1.54, 1.807) is 0 Å². The van der Waals surface area contributed by atoms with Crippen molar-refractivity contribution in [3.8, 4) is 0 Å². The molecular formula is C12H28O4Zr. The molecule has 0 heterocycles. The Morgan fingerprint density at radius 3 is 0.882 bits per heavy atom. The van der Waals surface area contributed by atoms with Gasteiger partial charge in [-0.15, -0.1) is 0 Å². The summed E-state index contributed by atoms with van der Waals surface area (Å²) in [6.07, 6.45) is 3.38. The first-order valence-corrected chi connectivity index (χ1v) is 13.6. The maximum atomic E-state index is 8.99. The fraction of sp³-hybridized carbons (Fsp3) is 1.00. The van der Waals surface area contributed by atoms with Crippen LogP contribution in [0.2, 0.25) is 16.5 Å². The molecule has 5 heteroatoms. The van der Waals surface area contributed by atoms with E-state index in [4.69, 9.17) is 20.4 Å². The van der Waals surface area contributed by atoms with Crippen LogP contribution in [0.5, 0.6) is 0 Å². The van der Waals surface area contributed by atoms with Gasteiger partial charge in [-0.25, -0.2) is 0 Å². The second kappa shape index (κ2) is 11.8. The van der Waals surface area contributed by atoms with Crippen LogP contribution in [0.3, 0.4) is 0 Å². The second-order valence-corrected chi connectivity index (χ2v) is 17.1. The normalized spacial score (nSPS) is 12.0. The van der Waals surface area contributed by atoms with Gasteiger partial charge < -0.3 is 0 Å². The van der Waals surface area contributed by atoms with Crippen LogP contribution < -0.4 is 0 Å². The Morgan fingerprint density at radius 2 is 0.706 bits per heavy atom. The molecule has 0 fully saturated rings. The zero-order valence-electron chi connectivity index (χ0n) is 10.8. The number of hydrogen-bond acceptors (Lipinski definition) is 4. The van der Waals surface area contributed by atoms with Crippen molar-refractivity contribution in [2.24, 2.45) is 0 Å².